The van der Waals surface area contributed by atoms with E-state index in [0.717, 1.165) is 12.8 Å². The van der Waals surface area contributed by atoms with Crippen LogP contribution in [0.15, 0.2) is 18.2 Å². The fraction of sp³-hybridized carbons (Fsp3) is 0.385. The minimum absolute atomic E-state index is 0.166. The number of nitrogens with one attached hydrogen (secondary N) is 1. The van der Waals surface area contributed by atoms with Crippen LogP contribution in [0, 0.1) is 17.8 Å². The van der Waals surface area contributed by atoms with Crippen LogP contribution in [0.1, 0.15) is 18.4 Å². The van der Waals surface area contributed by atoms with E-state index in [-0.39, 0.29) is 12.3 Å². The third-order valence-corrected chi connectivity index (χ3v) is 4.40. The average Bonchev–Trinajstić information content (AvgIpc) is 3.12. The van der Waals surface area contributed by atoms with Crippen molar-refractivity contribution >= 4 is 27.3 Å². The zero-order chi connectivity index (χ0) is 13.9. The normalized spacial score (nSPS) is 14.6. The standard InChI is InChI=1S/C13H15ClN2O2S/c14-12-5-6-13(11(8-12)2-1-7-15)16-19(17,18)9-10-3-4-10/h5-6,8,10,16H,3-4,7,9,15H2. The predicted molar refractivity (Wildman–Crippen MR) is 77.5 cm³/mol. The molecule has 1 fully saturated rings. The minimum Gasteiger partial charge on any atom is -0.320 e. The molecular weight excluding hydrogens is 284 g/mol. The van der Waals surface area contributed by atoms with Gasteiger partial charge >= 0.3 is 0 Å². The highest BCUT2D eigenvalue weighted by Gasteiger charge is 2.28. The van der Waals surface area contributed by atoms with E-state index in [2.05, 4.69) is 16.6 Å². The van der Waals surface area contributed by atoms with Crippen molar-refractivity contribution in [2.75, 3.05) is 17.0 Å². The van der Waals surface area contributed by atoms with E-state index in [1.54, 1.807) is 18.2 Å². The second kappa shape index (κ2) is 5.83. The second-order valence-corrected chi connectivity index (χ2v) is 6.73. The van der Waals surface area contributed by atoms with Crippen molar-refractivity contribution in [1.29, 1.82) is 0 Å². The molecule has 0 bridgehead atoms. The largest absolute Gasteiger partial charge is 0.320 e. The Kier molecular flexibility index (Phi) is 4.35. The number of hydrogen-bond donors (Lipinski definition) is 2. The molecule has 6 heteroatoms. The Bertz CT molecular complexity index is 628. The highest BCUT2D eigenvalue weighted by atomic mass is 35.5. The van der Waals surface area contributed by atoms with Crippen LogP contribution in [0.2, 0.25) is 5.02 Å². The summed E-state index contributed by atoms with van der Waals surface area (Å²) in [7, 11) is -3.32. The molecule has 0 amide bonds. The molecule has 0 aromatic heterocycles. The summed E-state index contributed by atoms with van der Waals surface area (Å²) in [4.78, 5) is 0. The van der Waals surface area contributed by atoms with Crippen LogP contribution in [-0.4, -0.2) is 20.7 Å². The molecule has 19 heavy (non-hydrogen) atoms. The van der Waals surface area contributed by atoms with Gasteiger partial charge in [0.25, 0.3) is 0 Å². The molecule has 1 aromatic carbocycles. The maximum atomic E-state index is 11.9. The lowest BCUT2D eigenvalue weighted by molar-refractivity contribution is 0.597. The van der Waals surface area contributed by atoms with Crippen molar-refractivity contribution in [3.05, 3.63) is 28.8 Å². The highest BCUT2D eigenvalue weighted by Crippen LogP contribution is 2.31. The molecule has 1 aliphatic carbocycles. The third kappa shape index (κ3) is 4.43. The molecule has 1 aliphatic rings. The summed E-state index contributed by atoms with van der Waals surface area (Å²) in [5.41, 5.74) is 6.31. The van der Waals surface area contributed by atoms with Gasteiger partial charge in [0.05, 0.1) is 23.5 Å². The Morgan fingerprint density at radius 1 is 1.42 bits per heavy atom. The van der Waals surface area contributed by atoms with Gasteiger partial charge < -0.3 is 5.73 Å². The topological polar surface area (TPSA) is 72.2 Å². The van der Waals surface area contributed by atoms with Crippen LogP contribution in [0.3, 0.4) is 0 Å². The molecule has 0 spiro atoms. The first kappa shape index (κ1) is 14.2. The molecule has 0 atom stereocenters. The first-order valence-corrected chi connectivity index (χ1v) is 8.02. The van der Waals surface area contributed by atoms with E-state index < -0.39 is 10.0 Å². The zero-order valence-corrected chi connectivity index (χ0v) is 11.9. The molecular formula is C13H15ClN2O2S. The van der Waals surface area contributed by atoms with Gasteiger partial charge in [0, 0.05) is 5.02 Å². The maximum Gasteiger partial charge on any atom is 0.233 e. The zero-order valence-electron chi connectivity index (χ0n) is 10.3. The quantitative estimate of drug-likeness (QED) is 0.833. The van der Waals surface area contributed by atoms with Gasteiger partial charge in [-0.05, 0) is 37.0 Å². The molecule has 0 unspecified atom stereocenters. The van der Waals surface area contributed by atoms with E-state index in [1.807, 2.05) is 0 Å². The summed E-state index contributed by atoms with van der Waals surface area (Å²) in [5.74, 6) is 5.98. The van der Waals surface area contributed by atoms with Crippen molar-refractivity contribution in [2.24, 2.45) is 11.7 Å². The number of anilines is 1. The van der Waals surface area contributed by atoms with Crippen molar-refractivity contribution in [3.8, 4) is 11.8 Å². The van der Waals surface area contributed by atoms with Crippen LogP contribution >= 0.6 is 11.6 Å². The summed E-state index contributed by atoms with van der Waals surface area (Å²) < 4.78 is 26.5. The summed E-state index contributed by atoms with van der Waals surface area (Å²) >= 11 is 5.89. The van der Waals surface area contributed by atoms with E-state index in [9.17, 15) is 8.42 Å². The van der Waals surface area contributed by atoms with Gasteiger partial charge in [-0.25, -0.2) is 8.42 Å². The minimum atomic E-state index is -3.32. The first-order valence-electron chi connectivity index (χ1n) is 5.99. The van der Waals surface area contributed by atoms with Gasteiger partial charge in [0.1, 0.15) is 0 Å². The summed E-state index contributed by atoms with van der Waals surface area (Å²) in [6.45, 7) is 0.209. The van der Waals surface area contributed by atoms with Crippen molar-refractivity contribution in [2.45, 2.75) is 12.8 Å². The van der Waals surface area contributed by atoms with Crippen LogP contribution in [-0.2, 0) is 10.0 Å². The van der Waals surface area contributed by atoms with Gasteiger partial charge in [-0.15, -0.1) is 0 Å². The van der Waals surface area contributed by atoms with Crippen molar-refractivity contribution < 1.29 is 8.42 Å². The summed E-state index contributed by atoms with van der Waals surface area (Å²) in [5, 5.41) is 0.506. The Labute approximate surface area is 118 Å². The van der Waals surface area contributed by atoms with Gasteiger partial charge in [-0.2, -0.15) is 0 Å². The SMILES string of the molecule is NCC#Cc1cc(Cl)ccc1NS(=O)(=O)CC1CC1. The van der Waals surface area contributed by atoms with Crippen LogP contribution in [0.4, 0.5) is 5.69 Å². The van der Waals surface area contributed by atoms with E-state index >= 15 is 0 Å². The second-order valence-electron chi connectivity index (χ2n) is 4.52. The molecule has 0 saturated heterocycles. The molecule has 1 saturated carbocycles. The van der Waals surface area contributed by atoms with Crippen LogP contribution in [0.25, 0.3) is 0 Å². The van der Waals surface area contributed by atoms with Gasteiger partial charge in [0.2, 0.25) is 10.0 Å². The number of hydrogen-bond acceptors (Lipinski definition) is 3. The Hall–Kier alpha value is -1.22. The van der Waals surface area contributed by atoms with Gasteiger partial charge in [0.15, 0.2) is 0 Å². The monoisotopic (exact) mass is 298 g/mol. The predicted octanol–water partition coefficient (Wildman–Crippen LogP) is 1.80. The Morgan fingerprint density at radius 2 is 2.16 bits per heavy atom. The first-order chi connectivity index (χ1) is 9.00. The van der Waals surface area contributed by atoms with E-state index in [0.29, 0.717) is 22.2 Å². The average molecular weight is 299 g/mol. The molecule has 102 valence electrons. The molecule has 1 aromatic rings. The van der Waals surface area contributed by atoms with Crippen molar-refractivity contribution in [3.63, 3.8) is 0 Å². The fourth-order valence-corrected chi connectivity index (χ4v) is 3.38. The van der Waals surface area contributed by atoms with Gasteiger partial charge in [-0.3, -0.25) is 4.72 Å². The molecule has 0 radical (unpaired) electrons. The molecule has 3 N–H and O–H groups in total. The number of rotatable bonds is 4. The lowest BCUT2D eigenvalue weighted by atomic mass is 10.2. The molecule has 0 aliphatic heterocycles. The fourth-order valence-electron chi connectivity index (χ4n) is 1.66. The Morgan fingerprint density at radius 3 is 2.79 bits per heavy atom. The smallest absolute Gasteiger partial charge is 0.233 e. The lowest BCUT2D eigenvalue weighted by Gasteiger charge is -2.09. The number of sulfonamides is 1. The Balaban J connectivity index is 2.23. The number of benzene rings is 1. The summed E-state index contributed by atoms with van der Waals surface area (Å²) in [6.07, 6.45) is 1.97. The van der Waals surface area contributed by atoms with E-state index in [4.69, 9.17) is 17.3 Å². The van der Waals surface area contributed by atoms with Crippen LogP contribution < -0.4 is 10.5 Å². The number of halogens is 1. The van der Waals surface area contributed by atoms with Gasteiger partial charge in [-0.1, -0.05) is 23.4 Å². The van der Waals surface area contributed by atoms with Crippen molar-refractivity contribution in [1.82, 2.24) is 0 Å². The highest BCUT2D eigenvalue weighted by molar-refractivity contribution is 7.92. The molecule has 2 rings (SSSR count). The summed E-state index contributed by atoms with van der Waals surface area (Å²) in [6, 6.07) is 4.87. The molecule has 0 heterocycles. The lowest BCUT2D eigenvalue weighted by Crippen LogP contribution is -2.18. The van der Waals surface area contributed by atoms with E-state index in [1.165, 1.54) is 0 Å². The molecule has 4 nitrogen and oxygen atoms in total. The van der Waals surface area contributed by atoms with Crippen LogP contribution in [0.5, 0.6) is 0 Å². The number of nitrogens with two attached hydrogens (primary N) is 1. The third-order valence-electron chi connectivity index (χ3n) is 2.72. The maximum absolute atomic E-state index is 11.9.